The van der Waals surface area contributed by atoms with Gasteiger partial charge in [-0.2, -0.15) is 0 Å². The molecule has 1 aromatic rings. The summed E-state index contributed by atoms with van der Waals surface area (Å²) in [5, 5.41) is 11.8. The van der Waals surface area contributed by atoms with Crippen molar-refractivity contribution in [2.24, 2.45) is 22.2 Å². The summed E-state index contributed by atoms with van der Waals surface area (Å²) in [6.45, 7) is 4.06. The number of aliphatic hydroxyl groups is 1. The molecular formula is C21H26N2O3. The van der Waals surface area contributed by atoms with Crippen molar-refractivity contribution in [3.63, 3.8) is 0 Å². The SMILES string of the molecule is CC[C@@H]1C[C@@H]2N3CC[C@]4(O)C(=Nc5ccccc54)[C@]2(C(=O)OC)C[C@@H]1C3. The number of carbonyl (C=O) groups excluding carboxylic acids is 1. The third-order valence-electron chi connectivity index (χ3n) is 7.49. The Morgan fingerprint density at radius 3 is 2.96 bits per heavy atom. The molecule has 5 aliphatic rings. The molecule has 0 radical (unpaired) electrons. The number of aliphatic imine (C=N–C) groups is 1. The highest BCUT2D eigenvalue weighted by molar-refractivity contribution is 6.15. The van der Waals surface area contributed by atoms with Crippen molar-refractivity contribution < 1.29 is 14.6 Å². The molecule has 138 valence electrons. The fourth-order valence-corrected chi connectivity index (χ4v) is 6.29. The van der Waals surface area contributed by atoms with Crippen LogP contribution in [0.1, 0.15) is 38.2 Å². The van der Waals surface area contributed by atoms with Gasteiger partial charge in [0, 0.05) is 24.7 Å². The second-order valence-corrected chi connectivity index (χ2v) is 8.43. The molecule has 5 heteroatoms. The van der Waals surface area contributed by atoms with Gasteiger partial charge in [-0.1, -0.05) is 31.5 Å². The van der Waals surface area contributed by atoms with Crippen molar-refractivity contribution in [1.29, 1.82) is 0 Å². The molecule has 0 spiro atoms. The molecule has 1 N–H and O–H groups in total. The summed E-state index contributed by atoms with van der Waals surface area (Å²) in [5.74, 6) is 0.876. The number of fused-ring (bicyclic) bond motifs is 4. The van der Waals surface area contributed by atoms with Gasteiger partial charge in [0.05, 0.1) is 18.5 Å². The minimum atomic E-state index is -1.16. The maximum Gasteiger partial charge on any atom is 0.319 e. The molecule has 4 heterocycles. The van der Waals surface area contributed by atoms with E-state index in [1.165, 1.54) is 7.11 Å². The first kappa shape index (κ1) is 16.5. The van der Waals surface area contributed by atoms with Crippen molar-refractivity contribution in [3.8, 4) is 0 Å². The quantitative estimate of drug-likeness (QED) is 0.830. The van der Waals surface area contributed by atoms with E-state index in [1.54, 1.807) is 0 Å². The van der Waals surface area contributed by atoms with E-state index in [-0.39, 0.29) is 12.0 Å². The minimum Gasteiger partial charge on any atom is -0.468 e. The number of nitrogens with zero attached hydrogens (tertiary/aromatic N) is 2. The second-order valence-electron chi connectivity index (χ2n) is 8.43. The summed E-state index contributed by atoms with van der Waals surface area (Å²) in [5.41, 5.74) is 0.300. The van der Waals surface area contributed by atoms with Gasteiger partial charge in [0.2, 0.25) is 0 Å². The van der Waals surface area contributed by atoms with Gasteiger partial charge in [-0.05, 0) is 37.2 Å². The van der Waals surface area contributed by atoms with Crippen molar-refractivity contribution in [2.45, 2.75) is 44.2 Å². The van der Waals surface area contributed by atoms with Crippen molar-refractivity contribution in [2.75, 3.05) is 20.2 Å². The lowest BCUT2D eigenvalue weighted by molar-refractivity contribution is -0.163. The van der Waals surface area contributed by atoms with E-state index < -0.39 is 11.0 Å². The molecule has 0 aromatic heterocycles. The Bertz CT molecular complexity index is 806. The standard InChI is InChI=1S/C21H26N2O3/c1-3-13-10-17-20(19(24)26-2)11-14(13)12-23(17)9-8-21(25)15-6-4-5-7-16(15)22-18(20)21/h4-7,13-14,17,25H,3,8-12H2,1-2H3/t13-,14-,17+,20+,21-/m1/s1. The minimum absolute atomic E-state index is 0.0759. The van der Waals surface area contributed by atoms with Crippen molar-refractivity contribution >= 4 is 17.4 Å². The molecule has 1 aromatic carbocycles. The van der Waals surface area contributed by atoms with E-state index >= 15 is 0 Å². The maximum absolute atomic E-state index is 13.2. The van der Waals surface area contributed by atoms with Gasteiger partial charge in [0.1, 0.15) is 11.0 Å². The number of methoxy groups -OCH3 is 1. The van der Waals surface area contributed by atoms with Crippen LogP contribution < -0.4 is 0 Å². The Kier molecular flexibility index (Phi) is 3.41. The summed E-state index contributed by atoms with van der Waals surface area (Å²) >= 11 is 0. The first-order chi connectivity index (χ1) is 12.5. The van der Waals surface area contributed by atoms with Gasteiger partial charge >= 0.3 is 5.97 Å². The number of benzene rings is 1. The van der Waals surface area contributed by atoms with Gasteiger partial charge in [-0.25, -0.2) is 0 Å². The topological polar surface area (TPSA) is 62.1 Å². The lowest BCUT2D eigenvalue weighted by Gasteiger charge is -2.57. The van der Waals surface area contributed by atoms with E-state index in [0.717, 1.165) is 43.6 Å². The molecule has 4 fully saturated rings. The average Bonchev–Trinajstić information content (AvgIpc) is 2.95. The lowest BCUT2D eigenvalue weighted by Crippen LogP contribution is -2.67. The summed E-state index contributed by atoms with van der Waals surface area (Å²) in [4.78, 5) is 20.5. The van der Waals surface area contributed by atoms with Gasteiger partial charge in [0.25, 0.3) is 0 Å². The third-order valence-corrected chi connectivity index (χ3v) is 7.49. The molecule has 1 saturated carbocycles. The fourth-order valence-electron chi connectivity index (χ4n) is 6.29. The van der Waals surface area contributed by atoms with Crippen LogP contribution in [0, 0.1) is 17.3 Å². The molecule has 6 rings (SSSR count). The Morgan fingerprint density at radius 1 is 1.42 bits per heavy atom. The molecule has 6 atom stereocenters. The van der Waals surface area contributed by atoms with Crippen LogP contribution in [-0.2, 0) is 15.1 Å². The largest absolute Gasteiger partial charge is 0.468 e. The van der Waals surface area contributed by atoms with Crippen LogP contribution in [0.5, 0.6) is 0 Å². The first-order valence-corrected chi connectivity index (χ1v) is 9.78. The lowest BCUT2D eigenvalue weighted by atomic mass is 9.55. The molecule has 26 heavy (non-hydrogen) atoms. The molecule has 1 aliphatic carbocycles. The van der Waals surface area contributed by atoms with Gasteiger partial charge in [-0.3, -0.25) is 14.7 Å². The Morgan fingerprint density at radius 2 is 2.23 bits per heavy atom. The van der Waals surface area contributed by atoms with E-state index in [4.69, 9.17) is 9.73 Å². The number of rotatable bonds is 2. The number of esters is 1. The summed E-state index contributed by atoms with van der Waals surface area (Å²) in [6, 6.07) is 7.85. The zero-order chi connectivity index (χ0) is 18.1. The number of ether oxygens (including phenoxy) is 1. The van der Waals surface area contributed by atoms with Crippen LogP contribution in [0.25, 0.3) is 0 Å². The van der Waals surface area contributed by atoms with Crippen LogP contribution >= 0.6 is 0 Å². The number of carbonyl (C=O) groups is 1. The monoisotopic (exact) mass is 354 g/mol. The van der Waals surface area contributed by atoms with E-state index in [1.807, 2.05) is 24.3 Å². The highest BCUT2D eigenvalue weighted by Crippen LogP contribution is 2.59. The fraction of sp³-hybridized carbons (Fsp3) is 0.619. The molecule has 1 unspecified atom stereocenters. The average molecular weight is 354 g/mol. The number of para-hydroxylation sites is 1. The smallest absolute Gasteiger partial charge is 0.319 e. The van der Waals surface area contributed by atoms with Crippen LogP contribution in [0.15, 0.2) is 29.3 Å². The van der Waals surface area contributed by atoms with E-state index in [9.17, 15) is 9.90 Å². The first-order valence-electron chi connectivity index (χ1n) is 9.78. The third kappa shape index (κ3) is 1.83. The van der Waals surface area contributed by atoms with Crippen LogP contribution in [0.3, 0.4) is 0 Å². The van der Waals surface area contributed by atoms with Crippen LogP contribution in [0.2, 0.25) is 0 Å². The van der Waals surface area contributed by atoms with Gasteiger partial charge in [0.15, 0.2) is 0 Å². The highest BCUT2D eigenvalue weighted by Gasteiger charge is 2.67. The normalized spacial score (nSPS) is 42.5. The highest BCUT2D eigenvalue weighted by atomic mass is 16.5. The Labute approximate surface area is 154 Å². The summed E-state index contributed by atoms with van der Waals surface area (Å²) in [6.07, 6.45) is 3.46. The zero-order valence-electron chi connectivity index (χ0n) is 15.4. The number of hydrogen-bond acceptors (Lipinski definition) is 5. The predicted molar refractivity (Wildman–Crippen MR) is 98.4 cm³/mol. The molecule has 5 nitrogen and oxygen atoms in total. The zero-order valence-corrected chi connectivity index (χ0v) is 15.4. The van der Waals surface area contributed by atoms with Crippen LogP contribution in [0.4, 0.5) is 5.69 Å². The summed E-state index contributed by atoms with van der Waals surface area (Å²) < 4.78 is 5.34. The maximum atomic E-state index is 13.2. The number of piperidine rings is 2. The molecule has 4 aliphatic heterocycles. The van der Waals surface area contributed by atoms with Gasteiger partial charge < -0.3 is 9.84 Å². The molecular weight excluding hydrogens is 328 g/mol. The van der Waals surface area contributed by atoms with Crippen molar-refractivity contribution in [3.05, 3.63) is 29.8 Å². The van der Waals surface area contributed by atoms with E-state index in [2.05, 4.69) is 11.8 Å². The Hall–Kier alpha value is -1.72. The van der Waals surface area contributed by atoms with E-state index in [0.29, 0.717) is 24.0 Å². The number of hydrogen-bond donors (Lipinski definition) is 1. The molecule has 4 bridgehead atoms. The predicted octanol–water partition coefficient (Wildman–Crippen LogP) is 2.64. The second kappa shape index (κ2) is 5.40. The van der Waals surface area contributed by atoms with Crippen LogP contribution in [-0.4, -0.2) is 47.9 Å². The molecule has 3 saturated heterocycles. The van der Waals surface area contributed by atoms with Gasteiger partial charge in [-0.15, -0.1) is 0 Å². The Balaban J connectivity index is 1.72. The van der Waals surface area contributed by atoms with Crippen molar-refractivity contribution in [1.82, 2.24) is 4.90 Å². The summed E-state index contributed by atoms with van der Waals surface area (Å²) in [7, 11) is 1.47. The molecule has 0 amide bonds.